The highest BCUT2D eigenvalue weighted by atomic mass is 19.4. The molecule has 0 saturated carbocycles. The SMILES string of the molecule is CCNC(=NCc1ccccc1OC(F)(F)F)NCC(O)c1cc(OC)cc(OC)c1. The van der Waals surface area contributed by atoms with Crippen LogP contribution in [0.2, 0.25) is 0 Å². The van der Waals surface area contributed by atoms with Crippen molar-refractivity contribution >= 4 is 5.96 Å². The minimum atomic E-state index is -4.79. The van der Waals surface area contributed by atoms with E-state index in [1.807, 2.05) is 6.92 Å². The van der Waals surface area contributed by atoms with Gasteiger partial charge >= 0.3 is 6.36 Å². The van der Waals surface area contributed by atoms with E-state index in [0.29, 0.717) is 29.6 Å². The van der Waals surface area contributed by atoms with Gasteiger partial charge in [-0.1, -0.05) is 18.2 Å². The minimum absolute atomic E-state index is 0.0509. The third-order valence-electron chi connectivity index (χ3n) is 4.17. The van der Waals surface area contributed by atoms with Crippen molar-refractivity contribution in [2.24, 2.45) is 4.99 Å². The lowest BCUT2D eigenvalue weighted by molar-refractivity contribution is -0.274. The molecule has 0 amide bonds. The van der Waals surface area contributed by atoms with Crippen LogP contribution in [0.3, 0.4) is 0 Å². The summed E-state index contributed by atoms with van der Waals surface area (Å²) in [6.07, 6.45) is -5.70. The molecule has 2 aromatic carbocycles. The van der Waals surface area contributed by atoms with E-state index in [2.05, 4.69) is 20.4 Å². The highest BCUT2D eigenvalue weighted by molar-refractivity contribution is 5.79. The first-order chi connectivity index (χ1) is 14.8. The van der Waals surface area contributed by atoms with Crippen LogP contribution in [0, 0.1) is 0 Å². The number of aliphatic hydroxyl groups excluding tert-OH is 1. The molecule has 31 heavy (non-hydrogen) atoms. The molecular formula is C21H26F3N3O4. The van der Waals surface area contributed by atoms with Gasteiger partial charge in [-0.15, -0.1) is 13.2 Å². The summed E-state index contributed by atoms with van der Waals surface area (Å²) in [6.45, 7) is 2.42. The number of rotatable bonds is 9. The van der Waals surface area contributed by atoms with Gasteiger partial charge in [0.25, 0.3) is 0 Å². The fourth-order valence-corrected chi connectivity index (χ4v) is 2.70. The Morgan fingerprint density at radius 2 is 1.71 bits per heavy atom. The molecule has 0 saturated heterocycles. The lowest BCUT2D eigenvalue weighted by Gasteiger charge is -2.17. The Labute approximate surface area is 178 Å². The molecule has 170 valence electrons. The Kier molecular flexibility index (Phi) is 8.80. The molecular weight excluding hydrogens is 415 g/mol. The zero-order chi connectivity index (χ0) is 22.9. The number of hydrogen-bond acceptors (Lipinski definition) is 5. The van der Waals surface area contributed by atoms with E-state index in [1.54, 1.807) is 24.3 Å². The Morgan fingerprint density at radius 3 is 2.29 bits per heavy atom. The number of aliphatic imine (C=N–C) groups is 1. The lowest BCUT2D eigenvalue weighted by atomic mass is 10.1. The number of alkyl halides is 3. The van der Waals surface area contributed by atoms with E-state index in [-0.39, 0.29) is 24.4 Å². The van der Waals surface area contributed by atoms with Crippen LogP contribution in [0.1, 0.15) is 24.2 Å². The van der Waals surface area contributed by atoms with Gasteiger partial charge < -0.3 is 30.0 Å². The van der Waals surface area contributed by atoms with E-state index in [1.165, 1.54) is 32.4 Å². The van der Waals surface area contributed by atoms with Crippen molar-refractivity contribution in [3.05, 3.63) is 53.6 Å². The smallest absolute Gasteiger partial charge is 0.497 e. The number of para-hydroxylation sites is 1. The summed E-state index contributed by atoms with van der Waals surface area (Å²) in [5.41, 5.74) is 0.846. The van der Waals surface area contributed by atoms with Crippen LogP contribution in [0.4, 0.5) is 13.2 Å². The zero-order valence-corrected chi connectivity index (χ0v) is 17.5. The summed E-state index contributed by atoms with van der Waals surface area (Å²) in [5.74, 6) is 1.10. The van der Waals surface area contributed by atoms with Gasteiger partial charge in [0.05, 0.1) is 26.9 Å². The first-order valence-electron chi connectivity index (χ1n) is 9.52. The summed E-state index contributed by atoms with van der Waals surface area (Å²) in [7, 11) is 3.03. The van der Waals surface area contributed by atoms with Gasteiger partial charge in [-0.05, 0) is 30.7 Å². The fourth-order valence-electron chi connectivity index (χ4n) is 2.70. The number of halogens is 3. The molecule has 0 spiro atoms. The van der Waals surface area contributed by atoms with Gasteiger partial charge in [-0.25, -0.2) is 4.99 Å². The van der Waals surface area contributed by atoms with Crippen molar-refractivity contribution in [1.82, 2.24) is 10.6 Å². The lowest BCUT2D eigenvalue weighted by Crippen LogP contribution is -2.39. The van der Waals surface area contributed by atoms with Crippen LogP contribution in [0.25, 0.3) is 0 Å². The second-order valence-electron chi connectivity index (χ2n) is 6.39. The molecule has 0 aliphatic heterocycles. The van der Waals surface area contributed by atoms with Crippen LogP contribution < -0.4 is 24.8 Å². The average molecular weight is 441 g/mol. The number of nitrogens with one attached hydrogen (secondary N) is 2. The Bertz CT molecular complexity index is 853. The van der Waals surface area contributed by atoms with Crippen molar-refractivity contribution in [2.45, 2.75) is 25.9 Å². The predicted octanol–water partition coefficient (Wildman–Crippen LogP) is 3.39. The summed E-state index contributed by atoms with van der Waals surface area (Å²) in [5, 5.41) is 16.5. The number of hydrogen-bond donors (Lipinski definition) is 3. The predicted molar refractivity (Wildman–Crippen MR) is 110 cm³/mol. The Balaban J connectivity index is 2.09. The fraction of sp³-hybridized carbons (Fsp3) is 0.381. The van der Waals surface area contributed by atoms with Crippen LogP contribution >= 0.6 is 0 Å². The maximum absolute atomic E-state index is 12.6. The molecule has 10 heteroatoms. The van der Waals surface area contributed by atoms with Gasteiger partial charge in [-0.3, -0.25) is 0 Å². The van der Waals surface area contributed by atoms with E-state index in [0.717, 1.165) is 0 Å². The maximum atomic E-state index is 12.6. The molecule has 0 heterocycles. The summed E-state index contributed by atoms with van der Waals surface area (Å²) >= 11 is 0. The topological polar surface area (TPSA) is 84.3 Å². The largest absolute Gasteiger partial charge is 0.573 e. The van der Waals surface area contributed by atoms with Gasteiger partial charge in [-0.2, -0.15) is 0 Å². The van der Waals surface area contributed by atoms with Crippen molar-refractivity contribution in [1.29, 1.82) is 0 Å². The van der Waals surface area contributed by atoms with Gasteiger partial charge in [0.1, 0.15) is 17.2 Å². The quantitative estimate of drug-likeness (QED) is 0.409. The van der Waals surface area contributed by atoms with Crippen LogP contribution in [0.15, 0.2) is 47.5 Å². The second-order valence-corrected chi connectivity index (χ2v) is 6.39. The zero-order valence-electron chi connectivity index (χ0n) is 17.5. The highest BCUT2D eigenvalue weighted by Crippen LogP contribution is 2.27. The van der Waals surface area contributed by atoms with Crippen LogP contribution in [-0.2, 0) is 6.54 Å². The third-order valence-corrected chi connectivity index (χ3v) is 4.17. The first kappa shape index (κ1) is 24.1. The molecule has 3 N–H and O–H groups in total. The molecule has 0 radical (unpaired) electrons. The molecule has 0 aliphatic rings. The molecule has 0 bridgehead atoms. The van der Waals surface area contributed by atoms with E-state index >= 15 is 0 Å². The standard InChI is InChI=1S/C21H26F3N3O4/c1-4-25-20(26-12-14-7-5-6-8-19(14)31-21(22,23)24)27-13-18(28)15-9-16(29-2)11-17(10-15)30-3/h5-11,18,28H,4,12-13H2,1-3H3,(H2,25,26,27). The summed E-state index contributed by atoms with van der Waals surface area (Å²) in [4.78, 5) is 4.29. The number of benzene rings is 2. The van der Waals surface area contributed by atoms with E-state index < -0.39 is 12.5 Å². The summed E-state index contributed by atoms with van der Waals surface area (Å²) in [6, 6.07) is 10.9. The van der Waals surface area contributed by atoms with Crippen molar-refractivity contribution in [2.75, 3.05) is 27.3 Å². The van der Waals surface area contributed by atoms with Gasteiger partial charge in [0.2, 0.25) is 0 Å². The third kappa shape index (κ3) is 7.89. The van der Waals surface area contributed by atoms with Crippen LogP contribution in [0.5, 0.6) is 17.2 Å². The van der Waals surface area contributed by atoms with Crippen molar-refractivity contribution in [3.8, 4) is 17.2 Å². The molecule has 2 rings (SSSR count). The molecule has 1 unspecified atom stereocenters. The normalized spacial score (nSPS) is 12.8. The molecule has 2 aromatic rings. The molecule has 7 nitrogen and oxygen atoms in total. The first-order valence-corrected chi connectivity index (χ1v) is 9.52. The number of ether oxygens (including phenoxy) is 3. The molecule has 1 atom stereocenters. The number of methoxy groups -OCH3 is 2. The molecule has 0 aliphatic carbocycles. The minimum Gasteiger partial charge on any atom is -0.497 e. The van der Waals surface area contributed by atoms with Gasteiger partial charge in [0, 0.05) is 24.7 Å². The molecule has 0 fully saturated rings. The number of guanidine groups is 1. The highest BCUT2D eigenvalue weighted by Gasteiger charge is 2.31. The number of nitrogens with zero attached hydrogens (tertiary/aromatic N) is 1. The summed E-state index contributed by atoms with van der Waals surface area (Å²) < 4.78 is 52.2. The molecule has 0 aromatic heterocycles. The van der Waals surface area contributed by atoms with Crippen LogP contribution in [-0.4, -0.2) is 44.7 Å². The average Bonchev–Trinajstić information content (AvgIpc) is 2.74. The van der Waals surface area contributed by atoms with Crippen molar-refractivity contribution in [3.63, 3.8) is 0 Å². The van der Waals surface area contributed by atoms with Gasteiger partial charge in [0.15, 0.2) is 5.96 Å². The van der Waals surface area contributed by atoms with E-state index in [4.69, 9.17) is 9.47 Å². The van der Waals surface area contributed by atoms with Crippen molar-refractivity contribution < 1.29 is 32.5 Å². The van der Waals surface area contributed by atoms with E-state index in [9.17, 15) is 18.3 Å². The second kappa shape index (κ2) is 11.3. The Morgan fingerprint density at radius 1 is 1.06 bits per heavy atom. The maximum Gasteiger partial charge on any atom is 0.573 e. The monoisotopic (exact) mass is 441 g/mol. The Hall–Kier alpha value is -3.14. The number of aliphatic hydroxyl groups is 1.